The van der Waals surface area contributed by atoms with Crippen molar-refractivity contribution in [1.29, 1.82) is 0 Å². The smallest absolute Gasteiger partial charge is 0.258 e. The van der Waals surface area contributed by atoms with Crippen molar-refractivity contribution in [2.24, 2.45) is 0 Å². The number of carbonyl (C=O) groups excluding carboxylic acids is 1. The van der Waals surface area contributed by atoms with Crippen LogP contribution in [0.2, 0.25) is 5.02 Å². The lowest BCUT2D eigenvalue weighted by Gasteiger charge is -2.27. The summed E-state index contributed by atoms with van der Waals surface area (Å²) in [6.07, 6.45) is 1.24. The molecule has 3 aromatic rings. The molecule has 1 aliphatic heterocycles. The van der Waals surface area contributed by atoms with Gasteiger partial charge in [0, 0.05) is 23.5 Å². The first-order chi connectivity index (χ1) is 13.0. The molecule has 0 bridgehead atoms. The number of hydrogen-bond donors (Lipinski definition) is 1. The van der Waals surface area contributed by atoms with Gasteiger partial charge in [-0.05, 0) is 54.4 Å². The number of hydrogen-bond acceptors (Lipinski definition) is 3. The molecule has 1 N–H and O–H groups in total. The first kappa shape index (κ1) is 17.5. The van der Waals surface area contributed by atoms with Gasteiger partial charge in [-0.1, -0.05) is 29.8 Å². The third-order valence-electron chi connectivity index (χ3n) is 4.66. The number of rotatable bonds is 4. The fourth-order valence-corrected chi connectivity index (χ4v) is 3.40. The second-order valence-corrected chi connectivity index (χ2v) is 6.94. The van der Waals surface area contributed by atoms with Crippen LogP contribution in [-0.4, -0.2) is 15.8 Å². The minimum Gasteiger partial charge on any atom is -0.360 e. The van der Waals surface area contributed by atoms with Crippen LogP contribution < -0.4 is 5.32 Å². The minimum atomic E-state index is -0.434. The molecule has 136 valence electrons. The number of aromatic nitrogens is 1. The summed E-state index contributed by atoms with van der Waals surface area (Å²) in [7, 11) is 0. The number of halogens is 2. The van der Waals surface area contributed by atoms with Crippen LogP contribution in [0.4, 0.5) is 10.1 Å². The summed E-state index contributed by atoms with van der Waals surface area (Å²) in [6.45, 7) is 2.31. The zero-order valence-electron chi connectivity index (χ0n) is 14.6. The molecule has 1 amide bonds. The molecular formula is C21H17ClFN3O. The second-order valence-electron chi connectivity index (χ2n) is 6.50. The molecule has 0 spiro atoms. The summed E-state index contributed by atoms with van der Waals surface area (Å²) < 4.78 is 13.2. The minimum absolute atomic E-state index is 0.111. The van der Waals surface area contributed by atoms with E-state index in [4.69, 9.17) is 11.6 Å². The first-order valence-corrected chi connectivity index (χ1v) is 8.94. The number of carbonyl (C=O) groups is 1. The summed E-state index contributed by atoms with van der Waals surface area (Å²) in [4.78, 5) is 19.1. The Labute approximate surface area is 161 Å². The first-order valence-electron chi connectivity index (χ1n) is 8.56. The highest BCUT2D eigenvalue weighted by atomic mass is 35.5. The number of pyridine rings is 1. The Morgan fingerprint density at radius 1 is 1.19 bits per heavy atom. The number of amides is 1. The molecule has 0 unspecified atom stereocenters. The van der Waals surface area contributed by atoms with Crippen LogP contribution in [0.3, 0.4) is 0 Å². The lowest BCUT2D eigenvalue weighted by molar-refractivity contribution is 0.0727. The predicted octanol–water partition coefficient (Wildman–Crippen LogP) is 4.95. The van der Waals surface area contributed by atoms with Crippen molar-refractivity contribution < 1.29 is 9.18 Å². The van der Waals surface area contributed by atoms with Crippen LogP contribution in [0.15, 0.2) is 60.8 Å². The average Bonchev–Trinajstić information content (AvgIpc) is 2.92. The molecule has 4 nitrogen and oxygen atoms in total. The van der Waals surface area contributed by atoms with Crippen molar-refractivity contribution in [3.05, 3.63) is 94.0 Å². The van der Waals surface area contributed by atoms with Crippen molar-refractivity contribution in [2.45, 2.75) is 19.6 Å². The molecule has 1 aliphatic rings. The van der Waals surface area contributed by atoms with E-state index in [9.17, 15) is 9.18 Å². The van der Waals surface area contributed by atoms with E-state index in [-0.39, 0.29) is 11.7 Å². The van der Waals surface area contributed by atoms with E-state index in [1.807, 2.05) is 25.1 Å². The molecular weight excluding hydrogens is 365 g/mol. The highest BCUT2D eigenvalue weighted by Gasteiger charge is 2.38. The summed E-state index contributed by atoms with van der Waals surface area (Å²) in [5, 5.41) is 4.01. The number of nitrogens with zero attached hydrogens (tertiary/aromatic N) is 2. The van der Waals surface area contributed by atoms with Gasteiger partial charge in [-0.2, -0.15) is 0 Å². The highest BCUT2D eigenvalue weighted by molar-refractivity contribution is 6.30. The number of nitrogens with one attached hydrogen (secondary N) is 1. The molecule has 6 heteroatoms. The van der Waals surface area contributed by atoms with Gasteiger partial charge in [-0.25, -0.2) is 4.39 Å². The van der Waals surface area contributed by atoms with Crippen molar-refractivity contribution >= 4 is 23.2 Å². The van der Waals surface area contributed by atoms with Gasteiger partial charge in [0.25, 0.3) is 5.91 Å². The molecule has 27 heavy (non-hydrogen) atoms. The van der Waals surface area contributed by atoms with Gasteiger partial charge in [-0.15, -0.1) is 0 Å². The molecule has 1 aromatic heterocycles. The van der Waals surface area contributed by atoms with E-state index in [1.165, 1.54) is 12.1 Å². The maximum absolute atomic E-state index is 13.2. The zero-order chi connectivity index (χ0) is 19.0. The van der Waals surface area contributed by atoms with E-state index in [1.54, 1.807) is 35.4 Å². The van der Waals surface area contributed by atoms with E-state index in [0.29, 0.717) is 22.8 Å². The normalized spacial score (nSPS) is 15.7. The van der Waals surface area contributed by atoms with E-state index >= 15 is 0 Å². The standard InChI is InChI=1S/C21H17ClFN3O/c1-13-4-7-15(22)11-18(13)25-20-19-17(3-2-10-24-19)21(27)26(20)12-14-5-8-16(23)9-6-14/h2-11,20,25H,12H2,1H3/t20-/m0/s1. The van der Waals surface area contributed by atoms with Crippen molar-refractivity contribution in [2.75, 3.05) is 5.32 Å². The monoisotopic (exact) mass is 381 g/mol. The molecule has 0 radical (unpaired) electrons. The summed E-state index contributed by atoms with van der Waals surface area (Å²) in [5.74, 6) is -0.416. The van der Waals surface area contributed by atoms with Crippen LogP contribution in [-0.2, 0) is 6.54 Å². The molecule has 2 aromatic carbocycles. The van der Waals surface area contributed by atoms with Crippen molar-refractivity contribution in [1.82, 2.24) is 9.88 Å². The van der Waals surface area contributed by atoms with Crippen molar-refractivity contribution in [3.63, 3.8) is 0 Å². The Bertz CT molecular complexity index is 1010. The number of anilines is 1. The van der Waals surface area contributed by atoms with Crippen LogP contribution in [0.25, 0.3) is 0 Å². The summed E-state index contributed by atoms with van der Waals surface area (Å²) in [6, 6.07) is 15.2. The molecule has 0 fully saturated rings. The Balaban J connectivity index is 1.71. The van der Waals surface area contributed by atoms with E-state index in [2.05, 4.69) is 10.3 Å². The van der Waals surface area contributed by atoms with Gasteiger partial charge < -0.3 is 10.2 Å². The van der Waals surface area contributed by atoms with Gasteiger partial charge in [0.15, 0.2) is 0 Å². The van der Waals surface area contributed by atoms with Crippen LogP contribution in [0.5, 0.6) is 0 Å². The van der Waals surface area contributed by atoms with Gasteiger partial charge in [-0.3, -0.25) is 9.78 Å². The molecule has 2 heterocycles. The maximum Gasteiger partial charge on any atom is 0.258 e. The largest absolute Gasteiger partial charge is 0.360 e. The third-order valence-corrected chi connectivity index (χ3v) is 4.89. The Morgan fingerprint density at radius 3 is 2.74 bits per heavy atom. The fourth-order valence-electron chi connectivity index (χ4n) is 3.23. The van der Waals surface area contributed by atoms with Gasteiger partial charge in [0.2, 0.25) is 0 Å². The molecule has 1 atom stereocenters. The molecule has 0 aliphatic carbocycles. The van der Waals surface area contributed by atoms with Crippen LogP contribution in [0.1, 0.15) is 33.3 Å². The summed E-state index contributed by atoms with van der Waals surface area (Å²) >= 11 is 6.14. The Morgan fingerprint density at radius 2 is 1.96 bits per heavy atom. The van der Waals surface area contributed by atoms with Gasteiger partial charge >= 0.3 is 0 Å². The second kappa shape index (κ2) is 7.00. The number of benzene rings is 2. The Hall–Kier alpha value is -2.92. The average molecular weight is 382 g/mol. The molecule has 4 rings (SSSR count). The Kier molecular flexibility index (Phi) is 4.54. The van der Waals surface area contributed by atoms with E-state index < -0.39 is 6.17 Å². The fraction of sp³-hybridized carbons (Fsp3) is 0.143. The SMILES string of the molecule is Cc1ccc(Cl)cc1N[C@@H]1c2ncccc2C(=O)N1Cc1ccc(F)cc1. The zero-order valence-corrected chi connectivity index (χ0v) is 15.4. The third kappa shape index (κ3) is 3.38. The van der Waals surface area contributed by atoms with Crippen LogP contribution >= 0.6 is 11.6 Å². The maximum atomic E-state index is 13.2. The molecule has 0 saturated heterocycles. The van der Waals surface area contributed by atoms with Gasteiger partial charge in [0.05, 0.1) is 11.3 Å². The predicted molar refractivity (Wildman–Crippen MR) is 103 cm³/mol. The lowest BCUT2D eigenvalue weighted by atomic mass is 10.1. The molecule has 0 saturated carbocycles. The van der Waals surface area contributed by atoms with Crippen LogP contribution in [0, 0.1) is 12.7 Å². The van der Waals surface area contributed by atoms with Crippen molar-refractivity contribution in [3.8, 4) is 0 Å². The topological polar surface area (TPSA) is 45.2 Å². The number of aryl methyl sites for hydroxylation is 1. The summed E-state index contributed by atoms with van der Waals surface area (Å²) in [5.41, 5.74) is 3.92. The lowest BCUT2D eigenvalue weighted by Crippen LogP contribution is -2.32. The number of fused-ring (bicyclic) bond motifs is 1. The van der Waals surface area contributed by atoms with Gasteiger partial charge in [0.1, 0.15) is 12.0 Å². The quantitative estimate of drug-likeness (QED) is 0.695. The highest BCUT2D eigenvalue weighted by Crippen LogP contribution is 2.35. The van der Waals surface area contributed by atoms with E-state index in [0.717, 1.165) is 16.8 Å².